The van der Waals surface area contributed by atoms with Gasteiger partial charge in [-0.25, -0.2) is 0 Å². The second-order valence-corrected chi connectivity index (χ2v) is 4.23. The number of fused-ring (bicyclic) bond motifs is 1. The summed E-state index contributed by atoms with van der Waals surface area (Å²) in [6.07, 6.45) is 2.35. The number of unbranched alkanes of at least 4 members (excludes halogenated alkanes) is 1. The van der Waals surface area contributed by atoms with Gasteiger partial charge in [-0.2, -0.15) is 0 Å². The molecule has 3 nitrogen and oxygen atoms in total. The van der Waals surface area contributed by atoms with Crippen LogP contribution >= 0.6 is 0 Å². The lowest BCUT2D eigenvalue weighted by Crippen LogP contribution is -2.17. The van der Waals surface area contributed by atoms with Crippen molar-refractivity contribution in [3.63, 3.8) is 0 Å². The van der Waals surface area contributed by atoms with Crippen LogP contribution < -0.4 is 10.9 Å². The van der Waals surface area contributed by atoms with E-state index in [2.05, 4.69) is 17.2 Å². The Labute approximate surface area is 101 Å². The first-order valence-electron chi connectivity index (χ1n) is 6.13. The molecular weight excluding hydrogens is 212 g/mol. The lowest BCUT2D eigenvalue weighted by Gasteiger charge is -2.07. The van der Waals surface area contributed by atoms with Crippen molar-refractivity contribution in [3.8, 4) is 0 Å². The molecule has 90 valence electrons. The van der Waals surface area contributed by atoms with Crippen molar-refractivity contribution in [2.24, 2.45) is 0 Å². The van der Waals surface area contributed by atoms with Crippen LogP contribution in [-0.4, -0.2) is 11.5 Å². The fourth-order valence-corrected chi connectivity index (χ4v) is 1.95. The molecular formula is C14H18N2O. The molecule has 0 fully saturated rings. The molecule has 0 saturated heterocycles. The van der Waals surface area contributed by atoms with Crippen molar-refractivity contribution in [3.05, 3.63) is 46.2 Å². The van der Waals surface area contributed by atoms with Gasteiger partial charge >= 0.3 is 0 Å². The number of para-hydroxylation sites is 1. The summed E-state index contributed by atoms with van der Waals surface area (Å²) in [5.74, 6) is 0. The van der Waals surface area contributed by atoms with Crippen LogP contribution in [0.15, 0.2) is 35.1 Å². The van der Waals surface area contributed by atoms with Crippen LogP contribution in [0.25, 0.3) is 10.9 Å². The van der Waals surface area contributed by atoms with Crippen LogP contribution in [0.4, 0.5) is 0 Å². The van der Waals surface area contributed by atoms with E-state index in [-0.39, 0.29) is 5.56 Å². The molecule has 2 N–H and O–H groups in total. The minimum atomic E-state index is -0.0315. The molecule has 0 aliphatic heterocycles. The molecule has 2 aromatic rings. The fourth-order valence-electron chi connectivity index (χ4n) is 1.95. The molecule has 0 spiro atoms. The van der Waals surface area contributed by atoms with E-state index in [9.17, 15) is 4.79 Å². The second-order valence-electron chi connectivity index (χ2n) is 4.23. The summed E-state index contributed by atoms with van der Waals surface area (Å²) in [5, 5.41) is 4.49. The topological polar surface area (TPSA) is 44.9 Å². The first-order chi connectivity index (χ1) is 8.31. The molecule has 0 unspecified atom stereocenters. The largest absolute Gasteiger partial charge is 0.322 e. The number of aromatic amines is 1. The zero-order chi connectivity index (χ0) is 12.1. The fraction of sp³-hybridized carbons (Fsp3) is 0.357. The van der Waals surface area contributed by atoms with Gasteiger partial charge in [-0.3, -0.25) is 4.79 Å². The lowest BCUT2D eigenvalue weighted by atomic mass is 10.1. The van der Waals surface area contributed by atoms with Crippen LogP contribution in [0.3, 0.4) is 0 Å². The molecule has 1 aromatic carbocycles. The van der Waals surface area contributed by atoms with E-state index in [1.807, 2.05) is 24.3 Å². The molecule has 0 aliphatic carbocycles. The molecule has 0 atom stereocenters. The summed E-state index contributed by atoms with van der Waals surface area (Å²) in [6, 6.07) is 9.60. The molecule has 0 amide bonds. The highest BCUT2D eigenvalue weighted by atomic mass is 16.1. The molecule has 2 rings (SSSR count). The van der Waals surface area contributed by atoms with Crippen molar-refractivity contribution in [1.82, 2.24) is 10.3 Å². The van der Waals surface area contributed by atoms with Crippen molar-refractivity contribution in [1.29, 1.82) is 0 Å². The van der Waals surface area contributed by atoms with E-state index < -0.39 is 0 Å². The third kappa shape index (κ3) is 2.94. The van der Waals surface area contributed by atoms with Gasteiger partial charge in [0.2, 0.25) is 5.56 Å². The van der Waals surface area contributed by atoms with E-state index in [0.717, 1.165) is 29.6 Å². The SMILES string of the molecule is CCCCNCc1cc(=O)[nH]c2ccccc12. The van der Waals surface area contributed by atoms with Crippen molar-refractivity contribution < 1.29 is 0 Å². The van der Waals surface area contributed by atoms with Gasteiger partial charge in [0.05, 0.1) is 0 Å². The molecule has 1 aromatic heterocycles. The Morgan fingerprint density at radius 3 is 2.94 bits per heavy atom. The zero-order valence-electron chi connectivity index (χ0n) is 10.1. The number of nitrogens with one attached hydrogen (secondary N) is 2. The highest BCUT2D eigenvalue weighted by Gasteiger charge is 2.01. The first-order valence-corrected chi connectivity index (χ1v) is 6.13. The van der Waals surface area contributed by atoms with E-state index in [4.69, 9.17) is 0 Å². The van der Waals surface area contributed by atoms with Crippen molar-refractivity contribution >= 4 is 10.9 Å². The van der Waals surface area contributed by atoms with Crippen LogP contribution in [0.2, 0.25) is 0 Å². The smallest absolute Gasteiger partial charge is 0.248 e. The van der Waals surface area contributed by atoms with Crippen LogP contribution in [0, 0.1) is 0 Å². The average Bonchev–Trinajstić information content (AvgIpc) is 2.34. The normalized spacial score (nSPS) is 10.9. The lowest BCUT2D eigenvalue weighted by molar-refractivity contribution is 0.643. The molecule has 0 saturated carbocycles. The van der Waals surface area contributed by atoms with Gasteiger partial charge in [0.1, 0.15) is 0 Å². The summed E-state index contributed by atoms with van der Waals surface area (Å²) in [6.45, 7) is 3.92. The Morgan fingerprint density at radius 1 is 1.29 bits per heavy atom. The Kier molecular flexibility index (Phi) is 3.94. The van der Waals surface area contributed by atoms with Crippen LogP contribution in [-0.2, 0) is 6.54 Å². The summed E-state index contributed by atoms with van der Waals surface area (Å²) >= 11 is 0. The number of pyridine rings is 1. The molecule has 17 heavy (non-hydrogen) atoms. The van der Waals surface area contributed by atoms with Gasteiger partial charge in [-0.1, -0.05) is 31.5 Å². The summed E-state index contributed by atoms with van der Waals surface area (Å²) < 4.78 is 0. The maximum absolute atomic E-state index is 11.5. The molecule has 0 radical (unpaired) electrons. The Balaban J connectivity index is 2.23. The molecule has 1 heterocycles. The van der Waals surface area contributed by atoms with E-state index >= 15 is 0 Å². The summed E-state index contributed by atoms with van der Waals surface area (Å²) in [7, 11) is 0. The molecule has 0 bridgehead atoms. The van der Waals surface area contributed by atoms with E-state index in [1.165, 1.54) is 12.8 Å². The highest BCUT2D eigenvalue weighted by molar-refractivity contribution is 5.81. The number of H-pyrrole nitrogens is 1. The van der Waals surface area contributed by atoms with Crippen molar-refractivity contribution in [2.45, 2.75) is 26.3 Å². The van der Waals surface area contributed by atoms with E-state index in [1.54, 1.807) is 6.07 Å². The number of hydrogen-bond acceptors (Lipinski definition) is 2. The first kappa shape index (κ1) is 11.9. The zero-order valence-corrected chi connectivity index (χ0v) is 10.1. The van der Waals surface area contributed by atoms with Gasteiger partial charge in [-0.05, 0) is 24.6 Å². The average molecular weight is 230 g/mol. The van der Waals surface area contributed by atoms with Gasteiger partial charge in [0.25, 0.3) is 0 Å². The predicted octanol–water partition coefficient (Wildman–Crippen LogP) is 2.42. The van der Waals surface area contributed by atoms with Gasteiger partial charge < -0.3 is 10.3 Å². The highest BCUT2D eigenvalue weighted by Crippen LogP contribution is 2.13. The Morgan fingerprint density at radius 2 is 2.12 bits per heavy atom. The van der Waals surface area contributed by atoms with Gasteiger partial charge in [0, 0.05) is 23.5 Å². The monoisotopic (exact) mass is 230 g/mol. The van der Waals surface area contributed by atoms with E-state index in [0.29, 0.717) is 0 Å². The number of rotatable bonds is 5. The maximum atomic E-state index is 11.5. The number of benzene rings is 1. The number of hydrogen-bond donors (Lipinski definition) is 2. The Hall–Kier alpha value is -1.61. The maximum Gasteiger partial charge on any atom is 0.248 e. The molecule has 0 aliphatic rings. The predicted molar refractivity (Wildman–Crippen MR) is 71.2 cm³/mol. The Bertz CT molecular complexity index is 545. The second kappa shape index (κ2) is 5.64. The minimum Gasteiger partial charge on any atom is -0.322 e. The third-order valence-corrected chi connectivity index (χ3v) is 2.86. The standard InChI is InChI=1S/C14H18N2O/c1-2-3-8-15-10-11-9-14(17)16-13-7-5-4-6-12(11)13/h4-7,9,15H,2-3,8,10H2,1H3,(H,16,17). The van der Waals surface area contributed by atoms with Crippen molar-refractivity contribution in [2.75, 3.05) is 6.54 Å². The van der Waals surface area contributed by atoms with Gasteiger partial charge in [-0.15, -0.1) is 0 Å². The van der Waals surface area contributed by atoms with Crippen LogP contribution in [0.1, 0.15) is 25.3 Å². The number of aromatic nitrogens is 1. The quantitative estimate of drug-likeness (QED) is 0.775. The minimum absolute atomic E-state index is 0.0315. The molecule has 3 heteroatoms. The third-order valence-electron chi connectivity index (χ3n) is 2.86. The summed E-state index contributed by atoms with van der Waals surface area (Å²) in [4.78, 5) is 14.4. The van der Waals surface area contributed by atoms with Gasteiger partial charge in [0.15, 0.2) is 0 Å². The summed E-state index contributed by atoms with van der Waals surface area (Å²) in [5.41, 5.74) is 1.95. The van der Waals surface area contributed by atoms with Crippen LogP contribution in [0.5, 0.6) is 0 Å².